The van der Waals surface area contributed by atoms with Crippen molar-refractivity contribution in [3.05, 3.63) is 64.7 Å². The molecule has 0 radical (unpaired) electrons. The van der Waals surface area contributed by atoms with E-state index in [9.17, 15) is 5.11 Å². The number of aromatic hydroxyl groups is 1. The van der Waals surface area contributed by atoms with Gasteiger partial charge in [0.1, 0.15) is 5.75 Å². The minimum atomic E-state index is 0.330. The standard InChI is InChI=1S/C19H23NO/c1-13-6-3-4-8-17(13)14(2)20-19-9-5-7-15-12-16(21)10-11-18(15)19/h3-4,6,8,10-12,14,19-21H,5,7,9H2,1-2H3/t14-,19?/m1/s1. The van der Waals surface area contributed by atoms with Crippen LogP contribution in [0.4, 0.5) is 0 Å². The highest BCUT2D eigenvalue weighted by Crippen LogP contribution is 2.33. The van der Waals surface area contributed by atoms with Crippen molar-refractivity contribution in [2.45, 2.75) is 45.2 Å². The lowest BCUT2D eigenvalue weighted by Crippen LogP contribution is -2.28. The summed E-state index contributed by atoms with van der Waals surface area (Å²) in [6, 6.07) is 15.1. The normalized spacial score (nSPS) is 19.0. The van der Waals surface area contributed by atoms with E-state index >= 15 is 0 Å². The van der Waals surface area contributed by atoms with Gasteiger partial charge < -0.3 is 10.4 Å². The van der Waals surface area contributed by atoms with E-state index in [2.05, 4.69) is 49.5 Å². The Bertz CT molecular complexity index is 635. The number of hydrogen-bond acceptors (Lipinski definition) is 2. The number of phenolic OH excluding ortho intramolecular Hbond substituents is 1. The summed E-state index contributed by atoms with van der Waals surface area (Å²) in [4.78, 5) is 0. The van der Waals surface area contributed by atoms with Gasteiger partial charge in [0, 0.05) is 12.1 Å². The summed E-state index contributed by atoms with van der Waals surface area (Å²) >= 11 is 0. The Morgan fingerprint density at radius 2 is 2.00 bits per heavy atom. The molecule has 0 amide bonds. The van der Waals surface area contributed by atoms with E-state index in [4.69, 9.17) is 0 Å². The summed E-state index contributed by atoms with van der Waals surface area (Å²) in [6.45, 7) is 4.40. The summed E-state index contributed by atoms with van der Waals surface area (Å²) < 4.78 is 0. The number of rotatable bonds is 3. The van der Waals surface area contributed by atoms with Crippen LogP contribution in [0, 0.1) is 6.92 Å². The predicted molar refractivity (Wildman–Crippen MR) is 86.5 cm³/mol. The molecule has 0 saturated heterocycles. The zero-order valence-electron chi connectivity index (χ0n) is 12.8. The molecule has 0 heterocycles. The van der Waals surface area contributed by atoms with Crippen LogP contribution in [0.2, 0.25) is 0 Å². The molecule has 0 aliphatic heterocycles. The molecule has 0 saturated carbocycles. The second-order valence-corrected chi connectivity index (χ2v) is 6.07. The molecule has 110 valence electrons. The van der Waals surface area contributed by atoms with Gasteiger partial charge in [-0.1, -0.05) is 30.3 Å². The van der Waals surface area contributed by atoms with E-state index in [1.807, 2.05) is 6.07 Å². The van der Waals surface area contributed by atoms with E-state index in [1.165, 1.54) is 28.7 Å². The number of phenols is 1. The highest BCUT2D eigenvalue weighted by atomic mass is 16.3. The topological polar surface area (TPSA) is 32.3 Å². The number of benzene rings is 2. The third-order valence-corrected chi connectivity index (χ3v) is 4.55. The Balaban J connectivity index is 1.82. The van der Waals surface area contributed by atoms with Crippen molar-refractivity contribution in [2.24, 2.45) is 0 Å². The van der Waals surface area contributed by atoms with E-state index in [1.54, 1.807) is 6.07 Å². The third kappa shape index (κ3) is 2.96. The first kappa shape index (κ1) is 14.2. The Labute approximate surface area is 126 Å². The smallest absolute Gasteiger partial charge is 0.115 e. The molecule has 2 aromatic rings. The van der Waals surface area contributed by atoms with Crippen molar-refractivity contribution in [1.82, 2.24) is 5.32 Å². The number of aryl methyl sites for hydroxylation is 2. The molecule has 1 aliphatic carbocycles. The molecule has 3 rings (SSSR count). The van der Waals surface area contributed by atoms with Gasteiger partial charge in [0.15, 0.2) is 0 Å². The van der Waals surface area contributed by atoms with Gasteiger partial charge in [-0.25, -0.2) is 0 Å². The molecule has 2 heteroatoms. The summed E-state index contributed by atoms with van der Waals surface area (Å²) in [5.74, 6) is 0.376. The third-order valence-electron chi connectivity index (χ3n) is 4.55. The Kier molecular flexibility index (Phi) is 3.98. The van der Waals surface area contributed by atoms with Gasteiger partial charge in [-0.05, 0) is 67.5 Å². The average Bonchev–Trinajstić information content (AvgIpc) is 2.47. The SMILES string of the molecule is Cc1ccccc1[C@@H](C)NC1CCCc2cc(O)ccc21. The van der Waals surface area contributed by atoms with E-state index in [-0.39, 0.29) is 0 Å². The largest absolute Gasteiger partial charge is 0.508 e. The van der Waals surface area contributed by atoms with Crippen LogP contribution in [0.5, 0.6) is 5.75 Å². The van der Waals surface area contributed by atoms with Crippen LogP contribution in [-0.2, 0) is 6.42 Å². The molecular formula is C19H23NO. The first-order valence-corrected chi connectivity index (χ1v) is 7.78. The molecule has 1 aliphatic rings. The Hall–Kier alpha value is -1.80. The van der Waals surface area contributed by atoms with Gasteiger partial charge in [0.05, 0.1) is 0 Å². The molecule has 0 fully saturated rings. The van der Waals surface area contributed by atoms with Crippen LogP contribution >= 0.6 is 0 Å². The second kappa shape index (κ2) is 5.90. The summed E-state index contributed by atoms with van der Waals surface area (Å²) in [5.41, 5.74) is 5.33. The lowest BCUT2D eigenvalue weighted by molar-refractivity contribution is 0.412. The zero-order chi connectivity index (χ0) is 14.8. The lowest BCUT2D eigenvalue weighted by atomic mass is 9.86. The van der Waals surface area contributed by atoms with Gasteiger partial charge in [0.2, 0.25) is 0 Å². The fourth-order valence-corrected chi connectivity index (χ4v) is 3.44. The van der Waals surface area contributed by atoms with Gasteiger partial charge in [-0.3, -0.25) is 0 Å². The van der Waals surface area contributed by atoms with Crippen LogP contribution in [-0.4, -0.2) is 5.11 Å². The second-order valence-electron chi connectivity index (χ2n) is 6.07. The van der Waals surface area contributed by atoms with Crippen LogP contribution < -0.4 is 5.32 Å². The maximum atomic E-state index is 9.65. The molecule has 1 unspecified atom stereocenters. The monoisotopic (exact) mass is 281 g/mol. The molecule has 21 heavy (non-hydrogen) atoms. The van der Waals surface area contributed by atoms with Crippen LogP contribution in [0.15, 0.2) is 42.5 Å². The van der Waals surface area contributed by atoms with Crippen molar-refractivity contribution in [1.29, 1.82) is 0 Å². The highest BCUT2D eigenvalue weighted by Gasteiger charge is 2.22. The molecule has 0 spiro atoms. The minimum Gasteiger partial charge on any atom is -0.508 e. The van der Waals surface area contributed by atoms with Crippen molar-refractivity contribution in [3.63, 3.8) is 0 Å². The zero-order valence-corrected chi connectivity index (χ0v) is 12.8. The average molecular weight is 281 g/mol. The number of fused-ring (bicyclic) bond motifs is 1. The van der Waals surface area contributed by atoms with E-state index in [0.29, 0.717) is 17.8 Å². The molecule has 0 aromatic heterocycles. The van der Waals surface area contributed by atoms with E-state index < -0.39 is 0 Å². The molecule has 2 atom stereocenters. The van der Waals surface area contributed by atoms with Gasteiger partial charge in [-0.2, -0.15) is 0 Å². The minimum absolute atomic E-state index is 0.330. The van der Waals surface area contributed by atoms with E-state index in [0.717, 1.165) is 12.8 Å². The summed E-state index contributed by atoms with van der Waals surface area (Å²) in [7, 11) is 0. The molecular weight excluding hydrogens is 258 g/mol. The lowest BCUT2D eigenvalue weighted by Gasteiger charge is -2.30. The van der Waals surface area contributed by atoms with Gasteiger partial charge in [0.25, 0.3) is 0 Å². The fraction of sp³-hybridized carbons (Fsp3) is 0.368. The quantitative estimate of drug-likeness (QED) is 0.872. The van der Waals surface area contributed by atoms with Crippen molar-refractivity contribution in [2.75, 3.05) is 0 Å². The van der Waals surface area contributed by atoms with Crippen molar-refractivity contribution in [3.8, 4) is 5.75 Å². The first-order valence-electron chi connectivity index (χ1n) is 7.78. The van der Waals surface area contributed by atoms with Crippen molar-refractivity contribution >= 4 is 0 Å². The predicted octanol–water partition coefficient (Wildman–Crippen LogP) is 4.43. The Morgan fingerprint density at radius 3 is 2.81 bits per heavy atom. The Morgan fingerprint density at radius 1 is 1.19 bits per heavy atom. The molecule has 2 nitrogen and oxygen atoms in total. The summed E-state index contributed by atoms with van der Waals surface area (Å²) in [6.07, 6.45) is 3.41. The molecule has 2 aromatic carbocycles. The van der Waals surface area contributed by atoms with Gasteiger partial charge >= 0.3 is 0 Å². The highest BCUT2D eigenvalue weighted by molar-refractivity contribution is 5.39. The van der Waals surface area contributed by atoms with Crippen LogP contribution in [0.25, 0.3) is 0 Å². The maximum absolute atomic E-state index is 9.65. The van der Waals surface area contributed by atoms with Gasteiger partial charge in [-0.15, -0.1) is 0 Å². The van der Waals surface area contributed by atoms with Crippen LogP contribution in [0.1, 0.15) is 54.1 Å². The maximum Gasteiger partial charge on any atom is 0.115 e. The first-order chi connectivity index (χ1) is 10.1. The molecule has 2 N–H and O–H groups in total. The summed E-state index contributed by atoms with van der Waals surface area (Å²) in [5, 5.41) is 13.4. The van der Waals surface area contributed by atoms with Crippen LogP contribution in [0.3, 0.4) is 0 Å². The van der Waals surface area contributed by atoms with Crippen molar-refractivity contribution < 1.29 is 5.11 Å². The fourth-order valence-electron chi connectivity index (χ4n) is 3.44. The molecule has 0 bridgehead atoms. The number of hydrogen-bond donors (Lipinski definition) is 2. The number of nitrogens with one attached hydrogen (secondary N) is 1.